The maximum absolute atomic E-state index is 13.6. The van der Waals surface area contributed by atoms with Gasteiger partial charge in [-0.1, -0.05) is 91.0 Å². The molecule has 25 heavy (non-hydrogen) atoms. The van der Waals surface area contributed by atoms with E-state index >= 15 is 0 Å². The Balaban J connectivity index is 2.38. The van der Waals surface area contributed by atoms with Gasteiger partial charge in [-0.15, -0.1) is 0 Å². The number of carbonyl (C=O) groups excluding carboxylic acids is 1. The highest BCUT2D eigenvalue weighted by Gasteiger charge is 2.45. The van der Waals surface area contributed by atoms with Crippen LogP contribution in [-0.2, 0) is 15.0 Å². The van der Waals surface area contributed by atoms with Crippen LogP contribution in [0.1, 0.15) is 16.7 Å². The molecule has 0 aromatic heterocycles. The fourth-order valence-corrected chi connectivity index (χ4v) is 3.25. The van der Waals surface area contributed by atoms with E-state index in [9.17, 15) is 4.79 Å². The molecular formula is C22H21NO2. The lowest BCUT2D eigenvalue weighted by Gasteiger charge is -2.36. The highest BCUT2D eigenvalue weighted by Crippen LogP contribution is 2.40. The van der Waals surface area contributed by atoms with Crippen molar-refractivity contribution in [3.05, 3.63) is 108 Å². The molecule has 0 aliphatic rings. The zero-order valence-corrected chi connectivity index (χ0v) is 14.4. The minimum atomic E-state index is -0.978. The summed E-state index contributed by atoms with van der Waals surface area (Å²) < 4.78 is 0. The monoisotopic (exact) mass is 331 g/mol. The van der Waals surface area contributed by atoms with Crippen LogP contribution >= 0.6 is 0 Å². The molecule has 0 heterocycles. The predicted octanol–water partition coefficient (Wildman–Crippen LogP) is 4.04. The lowest BCUT2D eigenvalue weighted by atomic mass is 9.68. The van der Waals surface area contributed by atoms with Gasteiger partial charge in [0.15, 0.2) is 0 Å². The molecule has 0 radical (unpaired) electrons. The summed E-state index contributed by atoms with van der Waals surface area (Å²) in [5.41, 5.74) is 1.73. The van der Waals surface area contributed by atoms with Crippen LogP contribution < -0.4 is 0 Å². The third-order valence-electron chi connectivity index (χ3n) is 4.50. The number of likely N-dealkylation sites (N-methyl/N-ethyl adjacent to an activating group) is 1. The number of amides is 1. The number of hydrogen-bond donors (Lipinski definition) is 0. The molecule has 0 unspecified atom stereocenters. The van der Waals surface area contributed by atoms with Crippen molar-refractivity contribution in [3.63, 3.8) is 0 Å². The third kappa shape index (κ3) is 2.94. The minimum Gasteiger partial charge on any atom is -0.275 e. The first-order valence-corrected chi connectivity index (χ1v) is 8.20. The van der Waals surface area contributed by atoms with Crippen molar-refractivity contribution in [2.45, 2.75) is 5.41 Å². The summed E-state index contributed by atoms with van der Waals surface area (Å²) in [6.45, 7) is 0. The Morgan fingerprint density at radius 1 is 0.720 bits per heavy atom. The minimum absolute atomic E-state index is 0.140. The second kappa shape index (κ2) is 7.32. The van der Waals surface area contributed by atoms with E-state index in [2.05, 4.69) is 0 Å². The van der Waals surface area contributed by atoms with E-state index in [0.29, 0.717) is 0 Å². The predicted molar refractivity (Wildman–Crippen MR) is 99.0 cm³/mol. The molecule has 3 rings (SSSR count). The molecule has 3 aromatic rings. The first kappa shape index (κ1) is 16.9. The van der Waals surface area contributed by atoms with Crippen molar-refractivity contribution in [2.24, 2.45) is 0 Å². The van der Waals surface area contributed by atoms with Gasteiger partial charge in [0.05, 0.1) is 7.11 Å². The Kier molecular flexibility index (Phi) is 4.96. The highest BCUT2D eigenvalue weighted by molar-refractivity contribution is 5.95. The average Bonchev–Trinajstić information content (AvgIpc) is 2.70. The molecule has 3 nitrogen and oxygen atoms in total. The Morgan fingerprint density at radius 2 is 1.04 bits per heavy atom. The van der Waals surface area contributed by atoms with Crippen LogP contribution in [0.5, 0.6) is 0 Å². The summed E-state index contributed by atoms with van der Waals surface area (Å²) in [6, 6.07) is 29.5. The molecule has 1 amide bonds. The van der Waals surface area contributed by atoms with Gasteiger partial charge in [0.2, 0.25) is 0 Å². The molecule has 0 N–H and O–H groups in total. The summed E-state index contributed by atoms with van der Waals surface area (Å²) in [5, 5.41) is 1.30. The van der Waals surface area contributed by atoms with Crippen molar-refractivity contribution in [1.82, 2.24) is 5.06 Å². The van der Waals surface area contributed by atoms with E-state index < -0.39 is 5.41 Å². The second-order valence-electron chi connectivity index (χ2n) is 5.83. The topological polar surface area (TPSA) is 29.5 Å². The first-order chi connectivity index (χ1) is 12.2. The standard InChI is InChI=1S/C22H21NO2/c1-23(25-2)21(24)22(18-12-6-3-7-13-18,19-14-8-4-9-15-19)20-16-10-5-11-17-20/h3-17H,1-2H3. The fraction of sp³-hybridized carbons (Fsp3) is 0.136. The van der Waals surface area contributed by atoms with E-state index in [0.717, 1.165) is 16.7 Å². The van der Waals surface area contributed by atoms with Crippen molar-refractivity contribution < 1.29 is 9.63 Å². The molecule has 0 fully saturated rings. The van der Waals surface area contributed by atoms with Gasteiger partial charge in [0.1, 0.15) is 5.41 Å². The number of hydroxylamine groups is 2. The van der Waals surface area contributed by atoms with Crippen molar-refractivity contribution in [2.75, 3.05) is 14.2 Å². The Bertz CT molecular complexity index is 720. The SMILES string of the molecule is CON(C)C(=O)C(c1ccccc1)(c1ccccc1)c1ccccc1. The zero-order valence-electron chi connectivity index (χ0n) is 14.4. The molecule has 3 aromatic carbocycles. The molecule has 3 heteroatoms. The van der Waals surface area contributed by atoms with Gasteiger partial charge in [-0.05, 0) is 16.7 Å². The van der Waals surface area contributed by atoms with Crippen LogP contribution in [0.25, 0.3) is 0 Å². The lowest BCUT2D eigenvalue weighted by molar-refractivity contribution is -0.172. The van der Waals surface area contributed by atoms with Gasteiger partial charge < -0.3 is 0 Å². The Hall–Kier alpha value is -2.91. The van der Waals surface area contributed by atoms with Gasteiger partial charge >= 0.3 is 0 Å². The number of carbonyl (C=O) groups is 1. The average molecular weight is 331 g/mol. The quantitative estimate of drug-likeness (QED) is 0.522. The largest absolute Gasteiger partial charge is 0.275 e. The molecule has 126 valence electrons. The highest BCUT2D eigenvalue weighted by atomic mass is 16.7. The molecule has 0 saturated heterocycles. The van der Waals surface area contributed by atoms with Gasteiger partial charge in [-0.25, -0.2) is 5.06 Å². The summed E-state index contributed by atoms with van der Waals surface area (Å²) in [6.07, 6.45) is 0. The molecule has 0 bridgehead atoms. The van der Waals surface area contributed by atoms with E-state index in [4.69, 9.17) is 4.84 Å². The summed E-state index contributed by atoms with van der Waals surface area (Å²) in [4.78, 5) is 18.9. The number of rotatable bonds is 5. The van der Waals surface area contributed by atoms with Crippen LogP contribution in [0.15, 0.2) is 91.0 Å². The first-order valence-electron chi connectivity index (χ1n) is 8.20. The second-order valence-corrected chi connectivity index (χ2v) is 5.83. The van der Waals surface area contributed by atoms with Crippen LogP contribution in [0, 0.1) is 0 Å². The Morgan fingerprint density at radius 3 is 1.32 bits per heavy atom. The van der Waals surface area contributed by atoms with Gasteiger partial charge in [-0.2, -0.15) is 0 Å². The molecule has 0 aliphatic heterocycles. The lowest BCUT2D eigenvalue weighted by Crippen LogP contribution is -2.46. The normalized spacial score (nSPS) is 11.1. The van der Waals surface area contributed by atoms with Crippen molar-refractivity contribution in [1.29, 1.82) is 0 Å². The summed E-state index contributed by atoms with van der Waals surface area (Å²) >= 11 is 0. The molecule has 0 aliphatic carbocycles. The van der Waals surface area contributed by atoms with Gasteiger partial charge in [0, 0.05) is 7.05 Å². The maximum atomic E-state index is 13.6. The maximum Gasteiger partial charge on any atom is 0.265 e. The smallest absolute Gasteiger partial charge is 0.265 e. The van der Waals surface area contributed by atoms with Crippen molar-refractivity contribution >= 4 is 5.91 Å². The van der Waals surface area contributed by atoms with Crippen LogP contribution in [0.2, 0.25) is 0 Å². The van der Waals surface area contributed by atoms with E-state index in [1.165, 1.54) is 12.2 Å². The molecule has 0 saturated carbocycles. The summed E-state index contributed by atoms with van der Waals surface area (Å²) in [5.74, 6) is -0.140. The number of benzene rings is 3. The fourth-order valence-electron chi connectivity index (χ4n) is 3.25. The van der Waals surface area contributed by atoms with E-state index in [1.54, 1.807) is 7.05 Å². The molecular weight excluding hydrogens is 310 g/mol. The third-order valence-corrected chi connectivity index (χ3v) is 4.50. The zero-order chi connectivity index (χ0) is 17.7. The van der Waals surface area contributed by atoms with Crippen LogP contribution in [0.3, 0.4) is 0 Å². The summed E-state index contributed by atoms with van der Waals surface area (Å²) in [7, 11) is 3.15. The number of hydrogen-bond acceptors (Lipinski definition) is 2. The van der Waals surface area contributed by atoms with Gasteiger partial charge in [0.25, 0.3) is 5.91 Å². The van der Waals surface area contributed by atoms with Crippen LogP contribution in [-0.4, -0.2) is 25.1 Å². The van der Waals surface area contributed by atoms with Crippen LogP contribution in [0.4, 0.5) is 0 Å². The molecule has 0 spiro atoms. The van der Waals surface area contributed by atoms with Gasteiger partial charge in [-0.3, -0.25) is 9.63 Å². The Labute approximate surface area is 148 Å². The number of nitrogens with zero attached hydrogens (tertiary/aromatic N) is 1. The van der Waals surface area contributed by atoms with E-state index in [1.807, 2.05) is 91.0 Å². The van der Waals surface area contributed by atoms with E-state index in [-0.39, 0.29) is 5.91 Å². The molecule has 0 atom stereocenters. The van der Waals surface area contributed by atoms with Crippen molar-refractivity contribution in [3.8, 4) is 0 Å².